The van der Waals surface area contributed by atoms with Gasteiger partial charge in [-0.05, 0) is 36.2 Å². The molecular weight excluding hydrogens is 371 g/mol. The Morgan fingerprint density at radius 2 is 1.93 bits per heavy atom. The number of benzene rings is 2. The van der Waals surface area contributed by atoms with Crippen molar-refractivity contribution in [2.75, 3.05) is 19.5 Å². The van der Waals surface area contributed by atoms with Gasteiger partial charge in [0.05, 0.1) is 23.6 Å². The van der Waals surface area contributed by atoms with Gasteiger partial charge in [-0.1, -0.05) is 12.1 Å². The summed E-state index contributed by atoms with van der Waals surface area (Å²) in [7, 11) is 1.50. The summed E-state index contributed by atoms with van der Waals surface area (Å²) in [6, 6.07) is 7.73. The van der Waals surface area contributed by atoms with Crippen molar-refractivity contribution < 1.29 is 14.2 Å². The third kappa shape index (κ3) is 3.97. The van der Waals surface area contributed by atoms with Gasteiger partial charge in [0.1, 0.15) is 5.82 Å². The summed E-state index contributed by atoms with van der Waals surface area (Å²) in [5, 5.41) is 9.74. The zero-order valence-corrected chi connectivity index (χ0v) is 15.7. The van der Waals surface area contributed by atoms with Gasteiger partial charge in [0.25, 0.3) is 5.56 Å². The van der Waals surface area contributed by atoms with Crippen LogP contribution in [0.5, 0.6) is 0 Å². The van der Waals surface area contributed by atoms with Crippen molar-refractivity contribution in [1.29, 1.82) is 0 Å². The van der Waals surface area contributed by atoms with Gasteiger partial charge in [-0.3, -0.25) is 9.78 Å². The Kier molecular flexibility index (Phi) is 5.79. The van der Waals surface area contributed by atoms with Crippen molar-refractivity contribution in [2.45, 2.75) is 17.9 Å². The molecule has 2 aromatic carbocycles. The van der Waals surface area contributed by atoms with Crippen LogP contribution in [-0.2, 0) is 4.74 Å². The van der Waals surface area contributed by atoms with Crippen LogP contribution in [0, 0.1) is 12.7 Å². The maximum atomic E-state index is 13.4. The molecule has 0 aliphatic rings. The Balaban J connectivity index is 2.27. The van der Waals surface area contributed by atoms with Crippen LogP contribution < -0.4 is 11.2 Å². The summed E-state index contributed by atoms with van der Waals surface area (Å²) in [6.45, 7) is 1.70. The van der Waals surface area contributed by atoms with Crippen molar-refractivity contribution in [2.24, 2.45) is 0 Å². The fourth-order valence-electron chi connectivity index (χ4n) is 2.90. The van der Waals surface area contributed by atoms with E-state index in [1.54, 1.807) is 18.2 Å². The van der Waals surface area contributed by atoms with Crippen molar-refractivity contribution in [3.8, 4) is 11.1 Å². The van der Waals surface area contributed by atoms with Crippen LogP contribution in [0.2, 0.25) is 0 Å². The van der Waals surface area contributed by atoms with Crippen molar-refractivity contribution in [3.05, 3.63) is 62.6 Å². The zero-order valence-electron chi connectivity index (χ0n) is 14.8. The van der Waals surface area contributed by atoms with Gasteiger partial charge < -0.3 is 14.8 Å². The SMILES string of the molecule is CO[C@@H](CO)CSc1c(-c2ccc(F)cc2)c(C)cc2c(=O)[nH]c(=O)[nH]c12. The summed E-state index contributed by atoms with van der Waals surface area (Å²) >= 11 is 1.36. The first kappa shape index (κ1) is 19.3. The molecule has 1 heterocycles. The fraction of sp³-hybridized carbons (Fsp3) is 0.263. The Morgan fingerprint density at radius 1 is 1.22 bits per heavy atom. The number of aliphatic hydroxyl groups excluding tert-OH is 1. The van der Waals surface area contributed by atoms with E-state index in [1.807, 2.05) is 6.92 Å². The van der Waals surface area contributed by atoms with Crippen LogP contribution in [0.15, 0.2) is 44.8 Å². The Labute approximate surface area is 158 Å². The van der Waals surface area contributed by atoms with E-state index in [0.29, 0.717) is 21.6 Å². The van der Waals surface area contributed by atoms with E-state index in [2.05, 4.69) is 9.97 Å². The highest BCUT2D eigenvalue weighted by molar-refractivity contribution is 7.99. The molecule has 142 valence electrons. The van der Waals surface area contributed by atoms with Crippen molar-refractivity contribution in [3.63, 3.8) is 0 Å². The largest absolute Gasteiger partial charge is 0.394 e. The number of nitrogens with one attached hydrogen (secondary N) is 2. The van der Waals surface area contributed by atoms with Crippen LogP contribution in [0.4, 0.5) is 4.39 Å². The highest BCUT2D eigenvalue weighted by atomic mass is 32.2. The van der Waals surface area contributed by atoms with Crippen LogP contribution >= 0.6 is 11.8 Å². The Morgan fingerprint density at radius 3 is 2.56 bits per heavy atom. The van der Waals surface area contributed by atoms with Gasteiger partial charge in [0, 0.05) is 23.3 Å². The zero-order chi connectivity index (χ0) is 19.6. The van der Waals surface area contributed by atoms with Crippen LogP contribution in [-0.4, -0.2) is 40.6 Å². The number of aliphatic hydroxyl groups is 1. The molecule has 0 spiro atoms. The minimum Gasteiger partial charge on any atom is -0.394 e. The molecule has 27 heavy (non-hydrogen) atoms. The molecule has 0 bridgehead atoms. The Hall–Kier alpha value is -2.42. The highest BCUT2D eigenvalue weighted by Crippen LogP contribution is 2.38. The average Bonchev–Trinajstić information content (AvgIpc) is 2.64. The van der Waals surface area contributed by atoms with Gasteiger partial charge in [-0.25, -0.2) is 9.18 Å². The molecule has 0 aliphatic carbocycles. The van der Waals surface area contributed by atoms with Crippen LogP contribution in [0.25, 0.3) is 22.0 Å². The van der Waals surface area contributed by atoms with Crippen LogP contribution in [0.3, 0.4) is 0 Å². The molecule has 3 N–H and O–H groups in total. The molecule has 1 atom stereocenters. The summed E-state index contributed by atoms with van der Waals surface area (Å²) in [5.41, 5.74) is 1.70. The number of thioether (sulfide) groups is 1. The molecular formula is C19H19FN2O4S. The molecule has 0 radical (unpaired) electrons. The first-order valence-electron chi connectivity index (χ1n) is 8.27. The minimum atomic E-state index is -0.603. The number of ether oxygens (including phenoxy) is 1. The Bertz CT molecular complexity index is 1070. The average molecular weight is 390 g/mol. The highest BCUT2D eigenvalue weighted by Gasteiger charge is 2.18. The number of methoxy groups -OCH3 is 1. The van der Waals surface area contributed by atoms with Gasteiger partial charge in [-0.15, -0.1) is 11.8 Å². The van der Waals surface area contributed by atoms with Crippen molar-refractivity contribution in [1.82, 2.24) is 9.97 Å². The summed E-state index contributed by atoms with van der Waals surface area (Å²) in [5.74, 6) is 0.0603. The second kappa shape index (κ2) is 8.08. The standard InChI is InChI=1S/C19H19FN2O4S/c1-10-7-14-16(21-19(25)22-18(14)24)17(27-9-13(8-23)26-2)15(10)11-3-5-12(20)6-4-11/h3-7,13,23H,8-9H2,1-2H3,(H2,21,22,24,25)/t13-/m0/s1. The van der Waals surface area contributed by atoms with Gasteiger partial charge in [0.2, 0.25) is 0 Å². The molecule has 6 nitrogen and oxygen atoms in total. The summed E-state index contributed by atoms with van der Waals surface area (Å²) in [6.07, 6.45) is -0.402. The van der Waals surface area contributed by atoms with E-state index < -0.39 is 17.4 Å². The fourth-order valence-corrected chi connectivity index (χ4v) is 4.22. The topological polar surface area (TPSA) is 95.2 Å². The van der Waals surface area contributed by atoms with Gasteiger partial charge in [-0.2, -0.15) is 0 Å². The molecule has 8 heteroatoms. The van der Waals surface area contributed by atoms with E-state index >= 15 is 0 Å². The van der Waals surface area contributed by atoms with E-state index in [4.69, 9.17) is 4.74 Å². The smallest absolute Gasteiger partial charge is 0.326 e. The first-order chi connectivity index (χ1) is 12.9. The predicted molar refractivity (Wildman–Crippen MR) is 104 cm³/mol. The van der Waals surface area contributed by atoms with Crippen LogP contribution in [0.1, 0.15) is 5.56 Å². The molecule has 0 fully saturated rings. The first-order valence-corrected chi connectivity index (χ1v) is 9.25. The van der Waals surface area contributed by atoms with E-state index in [-0.39, 0.29) is 12.4 Å². The predicted octanol–water partition coefficient (Wildman–Crippen LogP) is 2.43. The lowest BCUT2D eigenvalue weighted by Crippen LogP contribution is -2.23. The van der Waals surface area contributed by atoms with E-state index in [0.717, 1.165) is 16.7 Å². The molecule has 0 aliphatic heterocycles. The normalized spacial score (nSPS) is 12.4. The third-order valence-corrected chi connectivity index (χ3v) is 5.51. The van der Waals surface area contributed by atoms with E-state index in [9.17, 15) is 19.1 Å². The molecule has 1 aromatic heterocycles. The van der Waals surface area contributed by atoms with Crippen molar-refractivity contribution >= 4 is 22.7 Å². The monoisotopic (exact) mass is 390 g/mol. The maximum absolute atomic E-state index is 13.4. The molecule has 0 unspecified atom stereocenters. The number of aryl methyl sites for hydroxylation is 1. The lowest BCUT2D eigenvalue weighted by Gasteiger charge is -2.18. The summed E-state index contributed by atoms with van der Waals surface area (Å²) in [4.78, 5) is 29.7. The molecule has 0 amide bonds. The lowest BCUT2D eigenvalue weighted by atomic mass is 9.98. The molecule has 3 aromatic rings. The minimum absolute atomic E-state index is 0.157. The molecule has 0 saturated carbocycles. The maximum Gasteiger partial charge on any atom is 0.326 e. The number of rotatable bonds is 6. The number of H-pyrrole nitrogens is 2. The number of halogens is 1. The molecule has 0 saturated heterocycles. The van der Waals surface area contributed by atoms with E-state index in [1.165, 1.54) is 31.0 Å². The second-order valence-electron chi connectivity index (χ2n) is 6.09. The summed E-state index contributed by atoms with van der Waals surface area (Å²) < 4.78 is 18.6. The van der Waals surface area contributed by atoms with Gasteiger partial charge in [0.15, 0.2) is 0 Å². The second-order valence-corrected chi connectivity index (χ2v) is 7.12. The number of hydrogen-bond acceptors (Lipinski definition) is 5. The quantitative estimate of drug-likeness (QED) is 0.562. The van der Waals surface area contributed by atoms with Gasteiger partial charge >= 0.3 is 5.69 Å². The number of aromatic amines is 2. The number of fused-ring (bicyclic) bond motifs is 1. The lowest BCUT2D eigenvalue weighted by molar-refractivity contribution is 0.0656. The molecule has 3 rings (SSSR count). The number of hydrogen-bond donors (Lipinski definition) is 3. The third-order valence-electron chi connectivity index (χ3n) is 4.27. The number of aromatic nitrogens is 2.